The van der Waals surface area contributed by atoms with Gasteiger partial charge in [0.05, 0.1) is 0 Å². The Morgan fingerprint density at radius 2 is 2.07 bits per heavy atom. The Bertz CT molecular complexity index is 475. The zero-order valence-electron chi connectivity index (χ0n) is 8.89. The van der Waals surface area contributed by atoms with Crippen LogP contribution in [-0.2, 0) is 16.1 Å². The Morgan fingerprint density at radius 3 is 2.67 bits per heavy atom. The molecule has 0 unspecified atom stereocenters. The van der Waals surface area contributed by atoms with E-state index in [0.717, 1.165) is 16.7 Å². The van der Waals surface area contributed by atoms with Crippen LogP contribution in [0.15, 0.2) is 12.1 Å². The molecule has 0 radical (unpaired) electrons. The Kier molecular flexibility index (Phi) is 2.47. The van der Waals surface area contributed by atoms with Crippen molar-refractivity contribution < 1.29 is 9.53 Å². The van der Waals surface area contributed by atoms with Crippen molar-refractivity contribution in [3.05, 3.63) is 34.4 Å². The summed E-state index contributed by atoms with van der Waals surface area (Å²) in [5, 5.41) is 0. The fourth-order valence-corrected chi connectivity index (χ4v) is 1.50. The van der Waals surface area contributed by atoms with E-state index in [1.165, 1.54) is 5.56 Å². The lowest BCUT2D eigenvalue weighted by atomic mass is 9.92. The molecule has 2 nitrogen and oxygen atoms in total. The van der Waals surface area contributed by atoms with E-state index in [-0.39, 0.29) is 5.97 Å². The Hall–Kier alpha value is -1.75. The van der Waals surface area contributed by atoms with Gasteiger partial charge in [-0.1, -0.05) is 30.9 Å². The molecule has 0 spiro atoms. The van der Waals surface area contributed by atoms with Gasteiger partial charge in [0.2, 0.25) is 0 Å². The lowest BCUT2D eigenvalue weighted by Crippen LogP contribution is -2.07. The highest BCUT2D eigenvalue weighted by Crippen LogP contribution is 2.23. The third kappa shape index (κ3) is 1.73. The van der Waals surface area contributed by atoms with E-state index in [2.05, 4.69) is 11.8 Å². The molecule has 0 bridgehead atoms. The van der Waals surface area contributed by atoms with E-state index in [9.17, 15) is 4.79 Å². The van der Waals surface area contributed by atoms with Crippen molar-refractivity contribution in [3.63, 3.8) is 0 Å². The van der Waals surface area contributed by atoms with Gasteiger partial charge in [-0.3, -0.25) is 4.79 Å². The first-order valence-corrected chi connectivity index (χ1v) is 5.02. The van der Waals surface area contributed by atoms with Gasteiger partial charge in [-0.15, -0.1) is 0 Å². The van der Waals surface area contributed by atoms with Gasteiger partial charge in [0, 0.05) is 23.1 Å². The predicted molar refractivity (Wildman–Crippen MR) is 57.2 cm³/mol. The highest BCUT2D eigenvalue weighted by Gasteiger charge is 2.14. The molecule has 1 aromatic carbocycles. The summed E-state index contributed by atoms with van der Waals surface area (Å²) >= 11 is 0. The minimum atomic E-state index is -0.170. The van der Waals surface area contributed by atoms with Gasteiger partial charge < -0.3 is 4.74 Å². The molecule has 15 heavy (non-hydrogen) atoms. The molecule has 1 aromatic rings. The minimum Gasteiger partial charge on any atom is -0.461 e. The normalized spacial score (nSPS) is 10.8. The van der Waals surface area contributed by atoms with E-state index >= 15 is 0 Å². The van der Waals surface area contributed by atoms with Crippen LogP contribution >= 0.6 is 0 Å². The van der Waals surface area contributed by atoms with Gasteiger partial charge in [-0.25, -0.2) is 0 Å². The van der Waals surface area contributed by atoms with E-state index in [1.807, 2.05) is 19.1 Å². The summed E-state index contributed by atoms with van der Waals surface area (Å²) in [5.74, 6) is 5.84. The van der Waals surface area contributed by atoms with Crippen LogP contribution in [0.1, 0.15) is 35.6 Å². The van der Waals surface area contributed by atoms with Crippen molar-refractivity contribution in [1.82, 2.24) is 0 Å². The maximum absolute atomic E-state index is 11.0. The molecule has 0 aliphatic heterocycles. The SMILES string of the molecule is CCC(=O)OCc1ccc(C)c2c1C#C2. The van der Waals surface area contributed by atoms with Crippen molar-refractivity contribution in [2.24, 2.45) is 0 Å². The van der Waals surface area contributed by atoms with E-state index in [1.54, 1.807) is 6.92 Å². The second-order valence-corrected chi connectivity index (χ2v) is 3.56. The lowest BCUT2D eigenvalue weighted by molar-refractivity contribution is -0.144. The highest BCUT2D eigenvalue weighted by molar-refractivity contribution is 5.70. The number of benzene rings is 1. The molecule has 0 fully saturated rings. The second kappa shape index (κ2) is 3.78. The molecule has 2 rings (SSSR count). The Balaban J connectivity index is 2.13. The molecule has 0 atom stereocenters. The van der Waals surface area contributed by atoms with Crippen molar-refractivity contribution in [1.29, 1.82) is 0 Å². The standard InChI is InChI=1S/C13H12O2/c1-3-13(14)15-8-10-5-4-9(2)11-6-7-12(10)11/h4-5H,3,8H2,1-2H3. The van der Waals surface area contributed by atoms with Crippen LogP contribution in [-0.4, -0.2) is 5.97 Å². The number of hydrogen-bond acceptors (Lipinski definition) is 2. The molecule has 1 aliphatic rings. The van der Waals surface area contributed by atoms with Crippen LogP contribution in [0, 0.1) is 18.8 Å². The van der Waals surface area contributed by atoms with Gasteiger partial charge in [-0.2, -0.15) is 0 Å². The topological polar surface area (TPSA) is 26.3 Å². The molecule has 0 aromatic heterocycles. The molecule has 0 amide bonds. The molecular formula is C13H12O2. The van der Waals surface area contributed by atoms with E-state index < -0.39 is 0 Å². The van der Waals surface area contributed by atoms with Crippen LogP contribution < -0.4 is 0 Å². The maximum Gasteiger partial charge on any atom is 0.305 e. The average molecular weight is 200 g/mol. The quantitative estimate of drug-likeness (QED) is 0.560. The van der Waals surface area contributed by atoms with Crippen LogP contribution in [0.5, 0.6) is 0 Å². The monoisotopic (exact) mass is 200 g/mol. The lowest BCUT2D eigenvalue weighted by Gasteiger charge is -2.13. The van der Waals surface area contributed by atoms with Crippen molar-refractivity contribution in [2.75, 3.05) is 0 Å². The van der Waals surface area contributed by atoms with Crippen LogP contribution in [0.2, 0.25) is 0 Å². The van der Waals surface area contributed by atoms with Gasteiger partial charge in [0.1, 0.15) is 6.61 Å². The maximum atomic E-state index is 11.0. The van der Waals surface area contributed by atoms with Crippen LogP contribution in [0.25, 0.3) is 0 Å². The smallest absolute Gasteiger partial charge is 0.305 e. The summed E-state index contributed by atoms with van der Waals surface area (Å²) in [7, 11) is 0. The van der Waals surface area contributed by atoms with Crippen LogP contribution in [0.4, 0.5) is 0 Å². The summed E-state index contributed by atoms with van der Waals surface area (Å²) in [6, 6.07) is 3.99. The van der Waals surface area contributed by atoms with Crippen molar-refractivity contribution in [2.45, 2.75) is 26.9 Å². The zero-order chi connectivity index (χ0) is 10.8. The molecule has 1 aliphatic carbocycles. The molecule has 0 heterocycles. The molecule has 0 saturated carbocycles. The number of ether oxygens (including phenoxy) is 1. The molecule has 0 saturated heterocycles. The number of rotatable bonds is 3. The number of carbonyl (C=O) groups excluding carboxylic acids is 1. The Labute approximate surface area is 89.3 Å². The van der Waals surface area contributed by atoms with Crippen molar-refractivity contribution in [3.8, 4) is 11.8 Å². The molecule has 2 heteroatoms. The summed E-state index contributed by atoms with van der Waals surface area (Å²) in [4.78, 5) is 11.0. The first-order chi connectivity index (χ1) is 7.22. The molecular weight excluding hydrogens is 188 g/mol. The minimum absolute atomic E-state index is 0.170. The number of hydrogen-bond donors (Lipinski definition) is 0. The van der Waals surface area contributed by atoms with Gasteiger partial charge in [0.25, 0.3) is 0 Å². The zero-order valence-corrected chi connectivity index (χ0v) is 8.89. The van der Waals surface area contributed by atoms with E-state index in [0.29, 0.717) is 13.0 Å². The van der Waals surface area contributed by atoms with Gasteiger partial charge in [0.15, 0.2) is 0 Å². The first kappa shape index (κ1) is 9.79. The summed E-state index contributed by atoms with van der Waals surface area (Å²) in [5.41, 5.74) is 4.34. The van der Waals surface area contributed by atoms with E-state index in [4.69, 9.17) is 4.74 Å². The number of aryl methyl sites for hydroxylation is 1. The fraction of sp³-hybridized carbons (Fsp3) is 0.308. The Morgan fingerprint density at radius 1 is 1.33 bits per heavy atom. The predicted octanol–water partition coefficient (Wildman–Crippen LogP) is 2.16. The van der Waals surface area contributed by atoms with Crippen molar-refractivity contribution >= 4 is 5.97 Å². The number of esters is 1. The van der Waals surface area contributed by atoms with Gasteiger partial charge >= 0.3 is 5.97 Å². The average Bonchev–Trinajstić information content (AvgIpc) is 2.18. The molecule has 0 N–H and O–H groups in total. The third-order valence-electron chi connectivity index (χ3n) is 2.49. The number of carbonyl (C=O) groups is 1. The second-order valence-electron chi connectivity index (χ2n) is 3.56. The third-order valence-corrected chi connectivity index (χ3v) is 2.49. The summed E-state index contributed by atoms with van der Waals surface area (Å²) < 4.78 is 5.08. The summed E-state index contributed by atoms with van der Waals surface area (Å²) in [6.07, 6.45) is 0.416. The first-order valence-electron chi connectivity index (χ1n) is 5.02. The van der Waals surface area contributed by atoms with Gasteiger partial charge in [-0.05, 0) is 12.5 Å². The number of fused-ring (bicyclic) bond motifs is 1. The molecule has 76 valence electrons. The largest absolute Gasteiger partial charge is 0.461 e. The fourth-order valence-electron chi connectivity index (χ4n) is 1.50. The highest BCUT2D eigenvalue weighted by atomic mass is 16.5. The summed E-state index contributed by atoms with van der Waals surface area (Å²) in [6.45, 7) is 4.16. The van der Waals surface area contributed by atoms with Crippen LogP contribution in [0.3, 0.4) is 0 Å².